The largest absolute Gasteiger partial charge is 0.300 e. The molecule has 6 nitrogen and oxygen atoms in total. The van der Waals surface area contributed by atoms with Gasteiger partial charge in [0, 0.05) is 11.6 Å². The quantitative estimate of drug-likeness (QED) is 0.501. The molecule has 1 N–H and O–H groups in total. The van der Waals surface area contributed by atoms with Crippen molar-refractivity contribution in [1.82, 2.24) is 14.5 Å². The molecule has 2 aromatic heterocycles. The Morgan fingerprint density at radius 2 is 1.96 bits per heavy atom. The molecule has 0 bridgehead atoms. The van der Waals surface area contributed by atoms with Gasteiger partial charge in [0.1, 0.15) is 11.4 Å². The van der Waals surface area contributed by atoms with E-state index < -0.39 is 23.3 Å². The Hall–Kier alpha value is -2.91. The molecule has 0 fully saturated rings. The van der Waals surface area contributed by atoms with Gasteiger partial charge in [-0.3, -0.25) is 19.5 Å². The van der Waals surface area contributed by atoms with Crippen LogP contribution in [0.2, 0.25) is 0 Å². The average molecular weight is 459 g/mol. The second kappa shape index (κ2) is 7.61. The summed E-state index contributed by atoms with van der Waals surface area (Å²) in [4.78, 5) is 34.3. The Morgan fingerprint density at radius 3 is 2.68 bits per heavy atom. The Balaban J connectivity index is 1.89. The molecule has 140 valence electrons. The highest BCUT2D eigenvalue weighted by atomic mass is 79.9. The van der Waals surface area contributed by atoms with E-state index in [0.29, 0.717) is 10.7 Å². The van der Waals surface area contributed by atoms with Crippen molar-refractivity contribution in [3.8, 4) is 0 Å². The average Bonchev–Trinajstić information content (AvgIpc) is 3.20. The topological polar surface area (TPSA) is 76.9 Å². The van der Waals surface area contributed by atoms with Crippen molar-refractivity contribution in [2.45, 2.75) is 6.04 Å². The van der Waals surface area contributed by atoms with E-state index >= 15 is 0 Å². The van der Waals surface area contributed by atoms with Gasteiger partial charge in [-0.15, -0.1) is 11.3 Å². The Morgan fingerprint density at radius 1 is 1.18 bits per heavy atom. The highest BCUT2D eigenvalue weighted by Gasteiger charge is 2.26. The van der Waals surface area contributed by atoms with E-state index in [1.54, 1.807) is 48.0 Å². The number of rotatable bonds is 4. The number of nitrogens with zero attached hydrogens (tertiary/aromatic N) is 3. The second-order valence-electron chi connectivity index (χ2n) is 5.85. The lowest BCUT2D eigenvalue weighted by Gasteiger charge is -2.19. The highest BCUT2D eigenvalue weighted by Crippen LogP contribution is 2.24. The van der Waals surface area contributed by atoms with Gasteiger partial charge in [0.2, 0.25) is 0 Å². The van der Waals surface area contributed by atoms with Gasteiger partial charge in [-0.1, -0.05) is 30.3 Å². The van der Waals surface area contributed by atoms with Crippen LogP contribution in [0.1, 0.15) is 11.6 Å². The van der Waals surface area contributed by atoms with Gasteiger partial charge in [0.15, 0.2) is 10.9 Å². The summed E-state index contributed by atoms with van der Waals surface area (Å²) >= 11 is 4.35. The molecule has 0 aliphatic carbocycles. The standard InChI is InChI=1S/C19H12BrFN4O2S/c20-12-6-7-13-14(15(12)21)18(27)25(10-23-13)16(11-4-2-1-3-5-11)17(26)24-19-22-8-9-28-19/h1-10,16H,(H,22,24,26). The summed E-state index contributed by atoms with van der Waals surface area (Å²) in [5.74, 6) is -1.18. The minimum atomic E-state index is -1.03. The van der Waals surface area contributed by atoms with Gasteiger partial charge in [-0.05, 0) is 33.6 Å². The summed E-state index contributed by atoms with van der Waals surface area (Å²) in [6.07, 6.45) is 2.82. The molecule has 0 aliphatic rings. The molecule has 2 aromatic carbocycles. The van der Waals surface area contributed by atoms with Crippen LogP contribution in [0.5, 0.6) is 0 Å². The summed E-state index contributed by atoms with van der Waals surface area (Å²) in [6.45, 7) is 0. The lowest BCUT2D eigenvalue weighted by molar-refractivity contribution is -0.118. The number of anilines is 1. The van der Waals surface area contributed by atoms with Gasteiger partial charge >= 0.3 is 0 Å². The van der Waals surface area contributed by atoms with Crippen LogP contribution >= 0.6 is 27.3 Å². The van der Waals surface area contributed by atoms with Crippen molar-refractivity contribution >= 4 is 49.2 Å². The molecule has 1 unspecified atom stereocenters. The number of carbonyl (C=O) groups excluding carboxylic acids is 1. The predicted octanol–water partition coefficient (Wildman–Crippen LogP) is 3.98. The van der Waals surface area contributed by atoms with E-state index in [-0.39, 0.29) is 15.4 Å². The molecule has 0 saturated heterocycles. The number of hydrogen-bond donors (Lipinski definition) is 1. The molecular formula is C19H12BrFN4O2S. The zero-order chi connectivity index (χ0) is 19.7. The molecule has 0 radical (unpaired) electrons. The first-order valence-electron chi connectivity index (χ1n) is 8.16. The van der Waals surface area contributed by atoms with Crippen LogP contribution < -0.4 is 10.9 Å². The van der Waals surface area contributed by atoms with E-state index in [4.69, 9.17) is 0 Å². The summed E-state index contributed by atoms with van der Waals surface area (Å²) in [6, 6.07) is 10.8. The number of hydrogen-bond acceptors (Lipinski definition) is 5. The summed E-state index contributed by atoms with van der Waals surface area (Å²) in [5.41, 5.74) is 0.135. The van der Waals surface area contributed by atoms with E-state index in [9.17, 15) is 14.0 Å². The van der Waals surface area contributed by atoms with Gasteiger partial charge in [-0.25, -0.2) is 14.4 Å². The van der Waals surface area contributed by atoms with Gasteiger partial charge in [0.25, 0.3) is 11.5 Å². The van der Waals surface area contributed by atoms with Crippen LogP contribution in [0.15, 0.2) is 69.6 Å². The zero-order valence-electron chi connectivity index (χ0n) is 14.2. The molecule has 1 atom stereocenters. The Kier molecular flexibility index (Phi) is 5.01. The molecular weight excluding hydrogens is 447 g/mol. The van der Waals surface area contributed by atoms with Crippen LogP contribution in [-0.4, -0.2) is 20.4 Å². The van der Waals surface area contributed by atoms with Crippen LogP contribution in [0, 0.1) is 5.82 Å². The van der Waals surface area contributed by atoms with Gasteiger partial charge in [0.05, 0.1) is 16.3 Å². The fourth-order valence-electron chi connectivity index (χ4n) is 2.87. The van der Waals surface area contributed by atoms with Crippen LogP contribution in [0.3, 0.4) is 0 Å². The monoisotopic (exact) mass is 458 g/mol. The number of fused-ring (bicyclic) bond motifs is 1. The number of halogens is 2. The third kappa shape index (κ3) is 3.34. The molecule has 9 heteroatoms. The zero-order valence-corrected chi connectivity index (χ0v) is 16.6. The molecule has 0 saturated carbocycles. The SMILES string of the molecule is O=C(Nc1nccs1)C(c1ccccc1)n1cnc2ccc(Br)c(F)c2c1=O. The van der Waals surface area contributed by atoms with E-state index in [0.717, 1.165) is 4.57 Å². The minimum absolute atomic E-state index is 0.153. The number of nitrogens with one attached hydrogen (secondary N) is 1. The van der Waals surface area contributed by atoms with Crippen molar-refractivity contribution in [2.75, 3.05) is 5.32 Å². The van der Waals surface area contributed by atoms with E-state index in [1.807, 2.05) is 0 Å². The van der Waals surface area contributed by atoms with Gasteiger partial charge < -0.3 is 0 Å². The number of carbonyl (C=O) groups is 1. The second-order valence-corrected chi connectivity index (χ2v) is 7.60. The van der Waals surface area contributed by atoms with Gasteiger partial charge in [-0.2, -0.15) is 0 Å². The van der Waals surface area contributed by atoms with E-state index in [1.165, 1.54) is 23.7 Å². The smallest absolute Gasteiger partial charge is 0.265 e. The number of benzene rings is 2. The van der Waals surface area contributed by atoms with Crippen molar-refractivity contribution in [2.24, 2.45) is 0 Å². The van der Waals surface area contributed by atoms with Crippen molar-refractivity contribution < 1.29 is 9.18 Å². The summed E-state index contributed by atoms with van der Waals surface area (Å²) in [5, 5.41) is 4.65. The maximum atomic E-state index is 14.6. The van der Waals surface area contributed by atoms with Crippen molar-refractivity contribution in [3.05, 3.63) is 86.6 Å². The maximum absolute atomic E-state index is 14.6. The third-order valence-corrected chi connectivity index (χ3v) is 5.45. The van der Waals surface area contributed by atoms with Crippen LogP contribution in [0.25, 0.3) is 10.9 Å². The normalized spacial score (nSPS) is 12.1. The van der Waals surface area contributed by atoms with Crippen LogP contribution in [-0.2, 0) is 4.79 Å². The summed E-state index contributed by atoms with van der Waals surface area (Å²) in [7, 11) is 0. The Labute approximate surface area is 170 Å². The molecule has 2 heterocycles. The molecule has 4 aromatic rings. The first-order chi connectivity index (χ1) is 13.6. The fraction of sp³-hybridized carbons (Fsp3) is 0.0526. The molecule has 4 rings (SSSR count). The number of aromatic nitrogens is 3. The first-order valence-corrected chi connectivity index (χ1v) is 9.83. The predicted molar refractivity (Wildman–Crippen MR) is 109 cm³/mol. The Bertz CT molecular complexity index is 1210. The number of amides is 1. The van der Waals surface area contributed by atoms with Crippen molar-refractivity contribution in [1.29, 1.82) is 0 Å². The number of thiazole rings is 1. The first kappa shape index (κ1) is 18.5. The van der Waals surface area contributed by atoms with Crippen LogP contribution in [0.4, 0.5) is 9.52 Å². The van der Waals surface area contributed by atoms with E-state index in [2.05, 4.69) is 31.2 Å². The fourth-order valence-corrected chi connectivity index (χ4v) is 3.74. The minimum Gasteiger partial charge on any atom is -0.300 e. The maximum Gasteiger partial charge on any atom is 0.265 e. The van der Waals surface area contributed by atoms with Crippen molar-refractivity contribution in [3.63, 3.8) is 0 Å². The molecule has 1 amide bonds. The molecule has 0 spiro atoms. The molecule has 0 aliphatic heterocycles. The summed E-state index contributed by atoms with van der Waals surface area (Å²) < 4.78 is 15.9. The lowest BCUT2D eigenvalue weighted by Crippen LogP contribution is -2.34. The lowest BCUT2D eigenvalue weighted by atomic mass is 10.1. The highest BCUT2D eigenvalue weighted by molar-refractivity contribution is 9.10. The molecule has 28 heavy (non-hydrogen) atoms. The third-order valence-electron chi connectivity index (χ3n) is 4.15.